The zero-order chi connectivity index (χ0) is 24.7. The second-order valence-electron chi connectivity index (χ2n) is 8.33. The molecule has 1 saturated heterocycles. The Bertz CT molecular complexity index is 1480. The third-order valence-electron chi connectivity index (χ3n) is 5.98. The summed E-state index contributed by atoms with van der Waals surface area (Å²) in [6.45, 7) is 0.379. The number of para-hydroxylation sites is 2. The molecule has 1 fully saturated rings. The van der Waals surface area contributed by atoms with E-state index < -0.39 is 28.3 Å². The lowest BCUT2D eigenvalue weighted by Crippen LogP contribution is -2.53. The molecule has 0 aliphatic carbocycles. The Balaban J connectivity index is 1.36. The number of aromatic nitrogens is 3. The van der Waals surface area contributed by atoms with Crippen LogP contribution in [0.4, 0.5) is 0 Å². The van der Waals surface area contributed by atoms with Crippen molar-refractivity contribution in [2.24, 2.45) is 5.73 Å². The van der Waals surface area contributed by atoms with Crippen molar-refractivity contribution in [3.05, 3.63) is 54.0 Å². The summed E-state index contributed by atoms with van der Waals surface area (Å²) >= 11 is 0. The molecular weight excluding hydrogens is 471 g/mol. The van der Waals surface area contributed by atoms with Crippen LogP contribution in [-0.4, -0.2) is 78.6 Å². The molecule has 2 aromatic carbocycles. The van der Waals surface area contributed by atoms with Crippen LogP contribution in [-0.2, 0) is 21.3 Å². The second-order valence-corrected chi connectivity index (χ2v) is 10.2. The third-order valence-corrected chi connectivity index (χ3v) is 7.93. The average molecular weight is 495 g/mol. The van der Waals surface area contributed by atoms with Crippen molar-refractivity contribution in [1.82, 2.24) is 24.6 Å². The number of amides is 1. The van der Waals surface area contributed by atoms with Crippen LogP contribution < -0.4 is 16.5 Å². The molecule has 2 aromatic heterocycles. The number of nitrogens with one attached hydrogen (secondary N) is 3. The molecule has 13 heteroatoms. The summed E-state index contributed by atoms with van der Waals surface area (Å²) < 4.78 is 34.2. The molecule has 2 radical (unpaired) electrons. The first kappa shape index (κ1) is 23.5. The quantitative estimate of drug-likeness (QED) is 0.148. The van der Waals surface area contributed by atoms with Crippen molar-refractivity contribution in [3.63, 3.8) is 0 Å². The maximum absolute atomic E-state index is 13.7. The number of carbonyl (C=O) groups excluding carboxylic acids is 1. The van der Waals surface area contributed by atoms with Crippen molar-refractivity contribution < 1.29 is 23.1 Å². The number of fused-ring (bicyclic) bond motifs is 2. The number of morpholine rings is 1. The molecule has 2 unspecified atom stereocenters. The molecule has 2 atom stereocenters. The fourth-order valence-corrected chi connectivity index (χ4v) is 6.03. The Morgan fingerprint density at radius 1 is 1.29 bits per heavy atom. The number of rotatable bonds is 7. The van der Waals surface area contributed by atoms with E-state index in [4.69, 9.17) is 23.4 Å². The molecule has 0 bridgehead atoms. The number of hydrogen-bond donors (Lipinski definition) is 4. The van der Waals surface area contributed by atoms with E-state index in [0.717, 1.165) is 11.0 Å². The van der Waals surface area contributed by atoms with E-state index in [1.807, 2.05) is 24.3 Å². The second kappa shape index (κ2) is 9.09. The standard InChI is InChI=1S/C22H23BN6O5S/c23-12-5-6-14-13(9-12)20(19(28-14)21(24)30)35(32,33)29-7-8-34-17(11-29)22(31)25-10-18-26-15-3-1-2-4-16(15)27-18/h1-6,9,17,22,25,28,31H,7-8,10-11H2,(H2,24,30)(H,26,27)/p+1. The number of nitrogens with zero attached hydrogens (tertiary/aromatic N) is 2. The number of hydrogen-bond acceptors (Lipinski definition) is 6. The normalized spacial score (nSPS) is 18.3. The molecule has 1 aliphatic rings. The van der Waals surface area contributed by atoms with Gasteiger partial charge in [-0.25, -0.2) is 18.7 Å². The minimum atomic E-state index is -4.15. The van der Waals surface area contributed by atoms with Gasteiger partial charge in [-0.3, -0.25) is 4.79 Å². The Morgan fingerprint density at radius 3 is 2.86 bits per heavy atom. The topological polar surface area (TPSA) is 169 Å². The van der Waals surface area contributed by atoms with Crippen LogP contribution in [0.15, 0.2) is 47.4 Å². The predicted octanol–water partition coefficient (Wildman–Crippen LogP) is -0.833. The number of imidazole rings is 1. The minimum Gasteiger partial charge on any atom is -0.429 e. The first-order valence-corrected chi connectivity index (χ1v) is 12.4. The number of nitrogens with two attached hydrogens (primary N) is 1. The summed E-state index contributed by atoms with van der Waals surface area (Å²) in [6, 6.07) is 12.3. The monoisotopic (exact) mass is 495 g/mol. The molecule has 7 N–H and O–H groups in total. The largest absolute Gasteiger partial charge is 0.429 e. The number of ether oxygens (including phenoxy) is 1. The van der Waals surface area contributed by atoms with Gasteiger partial charge in [0.1, 0.15) is 24.3 Å². The number of primary amides is 1. The summed E-state index contributed by atoms with van der Waals surface area (Å²) in [4.78, 5) is 22.3. The molecule has 4 aromatic rings. The molecule has 3 heterocycles. The maximum Gasteiger partial charge on any atom is 0.266 e. The third kappa shape index (κ3) is 4.44. The molecule has 1 aliphatic heterocycles. The minimum absolute atomic E-state index is 0.0717. The van der Waals surface area contributed by atoms with E-state index in [1.54, 1.807) is 12.1 Å². The van der Waals surface area contributed by atoms with Crippen molar-refractivity contribution in [2.45, 2.75) is 23.8 Å². The van der Waals surface area contributed by atoms with E-state index >= 15 is 0 Å². The smallest absolute Gasteiger partial charge is 0.266 e. The van der Waals surface area contributed by atoms with Crippen molar-refractivity contribution in [2.75, 3.05) is 19.7 Å². The highest BCUT2D eigenvalue weighted by atomic mass is 32.2. The van der Waals surface area contributed by atoms with Crippen LogP contribution in [0.3, 0.4) is 0 Å². The van der Waals surface area contributed by atoms with Gasteiger partial charge in [0.05, 0.1) is 24.2 Å². The predicted molar refractivity (Wildman–Crippen MR) is 131 cm³/mol. The fourth-order valence-electron chi connectivity index (χ4n) is 4.25. The van der Waals surface area contributed by atoms with Gasteiger partial charge in [0, 0.05) is 24.0 Å². The molecule has 1 amide bonds. The number of aromatic amines is 2. The first-order valence-electron chi connectivity index (χ1n) is 10.9. The van der Waals surface area contributed by atoms with Crippen LogP contribution in [0.1, 0.15) is 16.3 Å². The van der Waals surface area contributed by atoms with E-state index in [1.165, 1.54) is 10.4 Å². The van der Waals surface area contributed by atoms with Gasteiger partial charge in [-0.2, -0.15) is 4.31 Å². The lowest BCUT2D eigenvalue weighted by molar-refractivity contribution is -0.0832. The zero-order valence-electron chi connectivity index (χ0n) is 18.6. The van der Waals surface area contributed by atoms with Gasteiger partial charge in [-0.15, -0.1) is 0 Å². The van der Waals surface area contributed by atoms with Crippen molar-refractivity contribution >= 4 is 51.2 Å². The maximum atomic E-state index is 13.7. The summed E-state index contributed by atoms with van der Waals surface area (Å²) in [5, 5.41) is 11.8. The average Bonchev–Trinajstić information content (AvgIpc) is 3.44. The van der Waals surface area contributed by atoms with Gasteiger partial charge in [-0.1, -0.05) is 29.7 Å². The number of H-pyrrole nitrogens is 2. The van der Waals surface area contributed by atoms with Gasteiger partial charge in [0.2, 0.25) is 16.3 Å². The zero-order valence-corrected chi connectivity index (χ0v) is 19.4. The van der Waals surface area contributed by atoms with Gasteiger partial charge in [0.15, 0.2) is 6.10 Å². The van der Waals surface area contributed by atoms with Gasteiger partial charge < -0.3 is 25.5 Å². The summed E-state index contributed by atoms with van der Waals surface area (Å²) in [7, 11) is 1.72. The highest BCUT2D eigenvalue weighted by Gasteiger charge is 2.39. The summed E-state index contributed by atoms with van der Waals surface area (Å²) in [5.74, 6) is -0.236. The highest BCUT2D eigenvalue weighted by Crippen LogP contribution is 2.30. The molecule has 0 saturated carbocycles. The highest BCUT2D eigenvalue weighted by molar-refractivity contribution is 7.89. The van der Waals surface area contributed by atoms with Crippen LogP contribution in [0.5, 0.6) is 0 Å². The summed E-state index contributed by atoms with van der Waals surface area (Å²) in [6.07, 6.45) is -1.66. The Labute approximate surface area is 202 Å². The number of sulfonamides is 1. The first-order chi connectivity index (χ1) is 16.7. The number of benzene rings is 2. The molecule has 35 heavy (non-hydrogen) atoms. The lowest BCUT2D eigenvalue weighted by atomic mass is 9.95. The molecule has 11 nitrogen and oxygen atoms in total. The van der Waals surface area contributed by atoms with Crippen LogP contribution in [0.25, 0.3) is 21.9 Å². The molecule has 0 spiro atoms. The van der Waals surface area contributed by atoms with Gasteiger partial charge in [-0.05, 0) is 18.2 Å². The van der Waals surface area contributed by atoms with Gasteiger partial charge in [0.25, 0.3) is 5.91 Å². The van der Waals surface area contributed by atoms with Crippen molar-refractivity contribution in [1.29, 1.82) is 0 Å². The molecule has 180 valence electrons. The Kier molecular flexibility index (Phi) is 6.11. The Hall–Kier alpha value is -3.23. The van der Waals surface area contributed by atoms with Crippen molar-refractivity contribution in [3.8, 4) is 0 Å². The van der Waals surface area contributed by atoms with Crippen LogP contribution in [0.2, 0.25) is 0 Å². The lowest BCUT2D eigenvalue weighted by Gasteiger charge is -2.32. The van der Waals surface area contributed by atoms with E-state index in [2.05, 4.69) is 20.3 Å². The van der Waals surface area contributed by atoms with Crippen LogP contribution >= 0.6 is 0 Å². The van der Waals surface area contributed by atoms with E-state index in [9.17, 15) is 13.2 Å². The van der Waals surface area contributed by atoms with E-state index in [-0.39, 0.29) is 42.2 Å². The fraction of sp³-hybridized carbons (Fsp3) is 0.273. The van der Waals surface area contributed by atoms with Gasteiger partial charge >= 0.3 is 0 Å². The number of carbonyl (C=O) groups is 1. The molecule has 5 rings (SSSR count). The van der Waals surface area contributed by atoms with E-state index in [0.29, 0.717) is 16.8 Å². The molecular formula is C22H24BN6O5S+. The van der Waals surface area contributed by atoms with Crippen LogP contribution in [0, 0.1) is 0 Å². The Morgan fingerprint density at radius 2 is 2.09 bits per heavy atom. The summed E-state index contributed by atoms with van der Waals surface area (Å²) in [5.41, 5.74) is 7.77. The SMILES string of the molecule is [B]c1ccc2[nH]c(C(N)=O)c(S(=O)(=O)N3CCOC(C([OH2+])NCc4nc5ccccc5[nH]4)C3)c2c1.